The lowest BCUT2D eigenvalue weighted by Gasteiger charge is -2.31. The van der Waals surface area contributed by atoms with Crippen LogP contribution in [0.25, 0.3) is 0 Å². The maximum Gasteiger partial charge on any atom is 0.253 e. The van der Waals surface area contributed by atoms with Gasteiger partial charge in [0.05, 0.1) is 18.6 Å². The summed E-state index contributed by atoms with van der Waals surface area (Å²) in [7, 11) is 0. The van der Waals surface area contributed by atoms with E-state index in [1.165, 1.54) is 6.42 Å². The van der Waals surface area contributed by atoms with Crippen LogP contribution < -0.4 is 5.56 Å². The summed E-state index contributed by atoms with van der Waals surface area (Å²) in [5.74, 6) is 2.79. The molecular formula is C20H30N6O. The summed E-state index contributed by atoms with van der Waals surface area (Å²) in [6, 6.07) is 1.70. The van der Waals surface area contributed by atoms with E-state index in [2.05, 4.69) is 45.4 Å². The van der Waals surface area contributed by atoms with Gasteiger partial charge in [-0.15, -0.1) is 10.2 Å². The highest BCUT2D eigenvalue weighted by Crippen LogP contribution is 2.22. The maximum atomic E-state index is 12.4. The molecule has 0 radical (unpaired) electrons. The molecule has 146 valence electrons. The van der Waals surface area contributed by atoms with E-state index < -0.39 is 0 Å². The van der Waals surface area contributed by atoms with E-state index in [9.17, 15) is 4.79 Å². The van der Waals surface area contributed by atoms with E-state index in [1.54, 1.807) is 17.0 Å². The van der Waals surface area contributed by atoms with Crippen molar-refractivity contribution in [3.63, 3.8) is 0 Å². The minimum atomic E-state index is -0.0918. The summed E-state index contributed by atoms with van der Waals surface area (Å²) in [6.45, 7) is 11.1. The molecule has 0 spiro atoms. The Kier molecular flexibility index (Phi) is 4.88. The Morgan fingerprint density at radius 3 is 2.63 bits per heavy atom. The maximum absolute atomic E-state index is 12.4. The fourth-order valence-electron chi connectivity index (χ4n) is 4.11. The predicted molar refractivity (Wildman–Crippen MR) is 104 cm³/mol. The van der Waals surface area contributed by atoms with Crippen molar-refractivity contribution in [2.75, 3.05) is 13.1 Å². The Labute approximate surface area is 160 Å². The van der Waals surface area contributed by atoms with Crippen molar-refractivity contribution < 1.29 is 0 Å². The van der Waals surface area contributed by atoms with Gasteiger partial charge in [0.2, 0.25) is 0 Å². The van der Waals surface area contributed by atoms with Crippen molar-refractivity contribution in [3.05, 3.63) is 40.1 Å². The standard InChI is InChI=1S/C20H30N6O/c1-20(2,3)16-11-19(27)25(14-21-16)12-15-6-9-24(10-7-15)13-18-23-22-17-5-4-8-26(17)18/h11,14-15H,4-10,12-13H2,1-3H3. The van der Waals surface area contributed by atoms with E-state index in [0.717, 1.165) is 69.3 Å². The lowest BCUT2D eigenvalue weighted by Crippen LogP contribution is -2.36. The molecule has 0 aromatic carbocycles. The second-order valence-corrected chi connectivity index (χ2v) is 9.02. The lowest BCUT2D eigenvalue weighted by atomic mass is 9.92. The molecule has 0 N–H and O–H groups in total. The number of piperidine rings is 1. The number of fused-ring (bicyclic) bond motifs is 1. The van der Waals surface area contributed by atoms with E-state index in [0.29, 0.717) is 5.92 Å². The van der Waals surface area contributed by atoms with Crippen molar-refractivity contribution in [2.45, 2.75) is 71.5 Å². The van der Waals surface area contributed by atoms with E-state index >= 15 is 0 Å². The highest BCUT2D eigenvalue weighted by atomic mass is 16.1. The first kappa shape index (κ1) is 18.3. The van der Waals surface area contributed by atoms with Crippen LogP contribution >= 0.6 is 0 Å². The summed E-state index contributed by atoms with van der Waals surface area (Å²) < 4.78 is 4.06. The van der Waals surface area contributed by atoms with Gasteiger partial charge in [0.25, 0.3) is 5.56 Å². The van der Waals surface area contributed by atoms with Gasteiger partial charge in [0, 0.05) is 31.0 Å². The second kappa shape index (κ2) is 7.19. The van der Waals surface area contributed by atoms with Crippen molar-refractivity contribution in [3.8, 4) is 0 Å². The third kappa shape index (κ3) is 3.98. The molecule has 0 amide bonds. The van der Waals surface area contributed by atoms with Crippen LogP contribution in [0.5, 0.6) is 0 Å². The fraction of sp³-hybridized carbons (Fsp3) is 0.700. The first-order valence-corrected chi connectivity index (χ1v) is 10.1. The zero-order chi connectivity index (χ0) is 19.0. The third-order valence-electron chi connectivity index (χ3n) is 5.86. The first-order chi connectivity index (χ1) is 12.9. The van der Waals surface area contributed by atoms with Gasteiger partial charge < -0.3 is 4.57 Å². The van der Waals surface area contributed by atoms with Crippen LogP contribution in [0.15, 0.2) is 17.2 Å². The van der Waals surface area contributed by atoms with Crippen molar-refractivity contribution in [1.82, 2.24) is 29.2 Å². The monoisotopic (exact) mass is 370 g/mol. The van der Waals surface area contributed by atoms with Crippen LogP contribution in [0.3, 0.4) is 0 Å². The fourth-order valence-corrected chi connectivity index (χ4v) is 4.11. The Morgan fingerprint density at radius 2 is 1.93 bits per heavy atom. The number of aryl methyl sites for hydroxylation is 1. The number of rotatable bonds is 4. The molecule has 4 heterocycles. The summed E-state index contributed by atoms with van der Waals surface area (Å²) in [5.41, 5.74) is 0.835. The summed E-state index contributed by atoms with van der Waals surface area (Å²) in [6.07, 6.45) is 6.19. The molecule has 2 aliphatic heterocycles. The minimum Gasteiger partial charge on any atom is -0.314 e. The lowest BCUT2D eigenvalue weighted by molar-refractivity contribution is 0.161. The van der Waals surface area contributed by atoms with Gasteiger partial charge in [-0.05, 0) is 38.3 Å². The molecule has 2 aromatic rings. The van der Waals surface area contributed by atoms with E-state index in [-0.39, 0.29) is 11.0 Å². The average molecular weight is 371 g/mol. The number of aromatic nitrogens is 5. The van der Waals surface area contributed by atoms with Gasteiger partial charge in [-0.25, -0.2) is 4.98 Å². The van der Waals surface area contributed by atoms with Gasteiger partial charge in [-0.2, -0.15) is 0 Å². The minimum absolute atomic E-state index is 0.0661. The van der Waals surface area contributed by atoms with Crippen LogP contribution in [0.1, 0.15) is 57.4 Å². The van der Waals surface area contributed by atoms with Gasteiger partial charge in [-0.3, -0.25) is 14.3 Å². The molecular weight excluding hydrogens is 340 g/mol. The summed E-state index contributed by atoms with van der Waals surface area (Å²) in [4.78, 5) is 19.4. The molecule has 1 saturated heterocycles. The summed E-state index contributed by atoms with van der Waals surface area (Å²) in [5, 5.41) is 8.68. The van der Waals surface area contributed by atoms with Gasteiger partial charge in [-0.1, -0.05) is 20.8 Å². The second-order valence-electron chi connectivity index (χ2n) is 9.02. The largest absolute Gasteiger partial charge is 0.314 e. The molecule has 0 unspecified atom stereocenters. The molecule has 7 heteroatoms. The molecule has 2 aromatic heterocycles. The Hall–Kier alpha value is -2.02. The molecule has 0 atom stereocenters. The normalized spacial score (nSPS) is 18.8. The third-order valence-corrected chi connectivity index (χ3v) is 5.86. The van der Waals surface area contributed by atoms with Gasteiger partial charge in [0.15, 0.2) is 0 Å². The Bertz CT molecular complexity index is 854. The first-order valence-electron chi connectivity index (χ1n) is 10.1. The number of hydrogen-bond acceptors (Lipinski definition) is 5. The topological polar surface area (TPSA) is 68.8 Å². The van der Waals surface area contributed by atoms with Crippen LogP contribution in [0.2, 0.25) is 0 Å². The Balaban J connectivity index is 1.32. The molecule has 7 nitrogen and oxygen atoms in total. The highest BCUT2D eigenvalue weighted by molar-refractivity contribution is 5.10. The average Bonchev–Trinajstić information content (AvgIpc) is 3.22. The number of likely N-dealkylation sites (tertiary alicyclic amines) is 1. The van der Waals surface area contributed by atoms with E-state index in [4.69, 9.17) is 0 Å². The van der Waals surface area contributed by atoms with Crippen LogP contribution in [0, 0.1) is 5.92 Å². The van der Waals surface area contributed by atoms with Crippen LogP contribution in [-0.4, -0.2) is 42.3 Å². The zero-order valence-corrected chi connectivity index (χ0v) is 16.7. The van der Waals surface area contributed by atoms with Crippen molar-refractivity contribution in [2.24, 2.45) is 5.92 Å². The SMILES string of the molecule is CC(C)(C)c1cc(=O)n(CC2CCN(Cc3nnc4n3CCC4)CC2)cn1. The predicted octanol–water partition coefficient (Wildman–Crippen LogP) is 1.99. The van der Waals surface area contributed by atoms with Crippen LogP contribution in [-0.2, 0) is 31.5 Å². The Morgan fingerprint density at radius 1 is 1.15 bits per heavy atom. The summed E-state index contributed by atoms with van der Waals surface area (Å²) >= 11 is 0. The number of nitrogens with zero attached hydrogens (tertiary/aromatic N) is 6. The van der Waals surface area contributed by atoms with Crippen molar-refractivity contribution in [1.29, 1.82) is 0 Å². The molecule has 0 bridgehead atoms. The molecule has 0 saturated carbocycles. The molecule has 1 fully saturated rings. The van der Waals surface area contributed by atoms with Crippen molar-refractivity contribution >= 4 is 0 Å². The van der Waals surface area contributed by atoms with E-state index in [1.807, 2.05) is 0 Å². The highest BCUT2D eigenvalue weighted by Gasteiger charge is 2.24. The number of hydrogen-bond donors (Lipinski definition) is 0. The molecule has 0 aliphatic carbocycles. The molecule has 4 rings (SSSR count). The molecule has 2 aliphatic rings. The van der Waals surface area contributed by atoms with Crippen LogP contribution in [0.4, 0.5) is 0 Å². The quantitative estimate of drug-likeness (QED) is 0.823. The molecule has 27 heavy (non-hydrogen) atoms. The zero-order valence-electron chi connectivity index (χ0n) is 16.7. The van der Waals surface area contributed by atoms with Gasteiger partial charge in [0.1, 0.15) is 11.6 Å². The van der Waals surface area contributed by atoms with Gasteiger partial charge >= 0.3 is 0 Å². The smallest absolute Gasteiger partial charge is 0.253 e.